The van der Waals surface area contributed by atoms with E-state index in [1.807, 2.05) is 42.3 Å². The van der Waals surface area contributed by atoms with Crippen LogP contribution in [-0.4, -0.2) is 50.2 Å². The van der Waals surface area contributed by atoms with E-state index in [1.54, 1.807) is 25.6 Å². The second-order valence-electron chi connectivity index (χ2n) is 8.80. The van der Waals surface area contributed by atoms with Gasteiger partial charge in [0.25, 0.3) is 5.56 Å². The van der Waals surface area contributed by atoms with Crippen molar-refractivity contribution in [2.75, 3.05) is 18.1 Å². The van der Waals surface area contributed by atoms with Gasteiger partial charge in [-0.25, -0.2) is 4.68 Å². The molecule has 1 fully saturated rings. The molecule has 1 N–H and O–H groups in total. The summed E-state index contributed by atoms with van der Waals surface area (Å²) in [5.74, 6) is 0.763. The molecule has 1 aromatic heterocycles. The molecule has 1 atom stereocenters. The summed E-state index contributed by atoms with van der Waals surface area (Å²) >= 11 is 1.30. The van der Waals surface area contributed by atoms with Crippen LogP contribution in [-0.2, 0) is 16.6 Å². The Kier molecular flexibility index (Phi) is 7.87. The number of nitrogens with zero attached hydrogens (tertiary/aromatic N) is 3. The van der Waals surface area contributed by atoms with E-state index in [1.165, 1.54) is 16.4 Å². The van der Waals surface area contributed by atoms with Crippen molar-refractivity contribution in [1.29, 1.82) is 0 Å². The van der Waals surface area contributed by atoms with Gasteiger partial charge in [0.15, 0.2) is 0 Å². The highest BCUT2D eigenvalue weighted by Gasteiger charge is 2.26. The van der Waals surface area contributed by atoms with Crippen molar-refractivity contribution in [1.82, 2.24) is 14.3 Å². The summed E-state index contributed by atoms with van der Waals surface area (Å²) in [5, 5.41) is 2.34. The van der Waals surface area contributed by atoms with Gasteiger partial charge in [0.05, 0.1) is 22.4 Å². The lowest BCUT2D eigenvalue weighted by Gasteiger charge is -2.33. The number of amides is 2. The predicted octanol–water partition coefficient (Wildman–Crippen LogP) is 3.58. The molecule has 1 unspecified atom stereocenters. The highest BCUT2D eigenvalue weighted by atomic mass is 32.2. The molecular weight excluding hydrogens is 424 g/mol. The van der Waals surface area contributed by atoms with Crippen LogP contribution in [0.5, 0.6) is 0 Å². The molecule has 1 aliphatic carbocycles. The zero-order valence-corrected chi connectivity index (χ0v) is 20.4. The zero-order chi connectivity index (χ0) is 23.4. The highest BCUT2D eigenvalue weighted by molar-refractivity contribution is 8.01. The summed E-state index contributed by atoms with van der Waals surface area (Å²) < 4.78 is 3.26. The molecule has 8 heteroatoms. The van der Waals surface area contributed by atoms with E-state index in [9.17, 15) is 14.4 Å². The summed E-state index contributed by atoms with van der Waals surface area (Å²) in [4.78, 5) is 40.3. The number of thioether (sulfide) groups is 1. The summed E-state index contributed by atoms with van der Waals surface area (Å²) in [5.41, 5.74) is 1.40. The molecule has 2 aromatic rings. The number of carbonyl (C=O) groups excluding carboxylic acids is 2. The van der Waals surface area contributed by atoms with Crippen LogP contribution in [0.2, 0.25) is 0 Å². The number of rotatable bonds is 7. The number of carbonyl (C=O) groups is 2. The first-order valence-electron chi connectivity index (χ1n) is 11.2. The van der Waals surface area contributed by atoms with Crippen LogP contribution in [0.15, 0.2) is 35.1 Å². The van der Waals surface area contributed by atoms with Gasteiger partial charge in [-0.15, -0.1) is 11.8 Å². The van der Waals surface area contributed by atoms with Crippen molar-refractivity contribution in [2.24, 2.45) is 13.0 Å². The standard InChI is InChI=1S/C24H34N4O3S/c1-16-11-13-19(14-12-16)26(4)21(29)15-32-18(3)23(30)25-22-17(2)27(5)28(24(22)31)20-9-7-6-8-10-20/h6-10,16,18-19H,11-15H2,1-5H3,(H,25,30). The second-order valence-corrected chi connectivity index (χ2v) is 10.1. The summed E-state index contributed by atoms with van der Waals surface area (Å²) in [6.07, 6.45) is 4.41. The normalized spacial score (nSPS) is 19.4. The second kappa shape index (κ2) is 10.4. The van der Waals surface area contributed by atoms with Gasteiger partial charge in [-0.1, -0.05) is 25.1 Å². The molecule has 174 valence electrons. The largest absolute Gasteiger partial charge is 0.342 e. The van der Waals surface area contributed by atoms with Crippen molar-refractivity contribution in [2.45, 2.75) is 57.7 Å². The van der Waals surface area contributed by atoms with Crippen LogP contribution in [0.4, 0.5) is 5.69 Å². The molecule has 7 nitrogen and oxygen atoms in total. The minimum atomic E-state index is -0.456. The Labute approximate surface area is 194 Å². The average molecular weight is 459 g/mol. The van der Waals surface area contributed by atoms with E-state index in [4.69, 9.17) is 0 Å². The van der Waals surface area contributed by atoms with E-state index in [0.717, 1.165) is 37.3 Å². The molecule has 1 aromatic carbocycles. The van der Waals surface area contributed by atoms with Gasteiger partial charge >= 0.3 is 0 Å². The number of anilines is 1. The van der Waals surface area contributed by atoms with Crippen LogP contribution >= 0.6 is 11.8 Å². The molecule has 2 amide bonds. The first kappa shape index (κ1) is 24.2. The number of aromatic nitrogens is 2. The molecule has 1 heterocycles. The zero-order valence-electron chi connectivity index (χ0n) is 19.6. The molecule has 3 rings (SSSR count). The Bertz CT molecular complexity index is 1010. The number of nitrogens with one attached hydrogen (secondary N) is 1. The molecule has 1 aliphatic rings. The molecule has 0 saturated heterocycles. The van der Waals surface area contributed by atoms with Gasteiger partial charge in [-0.2, -0.15) is 0 Å². The summed E-state index contributed by atoms with van der Waals surface area (Å²) in [6.45, 7) is 5.83. The molecule has 0 aliphatic heterocycles. The smallest absolute Gasteiger partial charge is 0.295 e. The lowest BCUT2D eigenvalue weighted by atomic mass is 9.87. The Morgan fingerprint density at radius 3 is 2.44 bits per heavy atom. The average Bonchev–Trinajstić information content (AvgIpc) is 3.00. The monoisotopic (exact) mass is 458 g/mol. The van der Waals surface area contributed by atoms with Crippen molar-refractivity contribution >= 4 is 29.3 Å². The first-order valence-corrected chi connectivity index (χ1v) is 12.3. The molecule has 1 saturated carbocycles. The number of para-hydroxylation sites is 1. The van der Waals surface area contributed by atoms with Crippen LogP contribution in [0, 0.1) is 12.8 Å². The van der Waals surface area contributed by atoms with Crippen molar-refractivity contribution < 1.29 is 9.59 Å². The van der Waals surface area contributed by atoms with Crippen molar-refractivity contribution in [3.63, 3.8) is 0 Å². The third-order valence-electron chi connectivity index (χ3n) is 6.55. The Hall–Kier alpha value is -2.48. The van der Waals surface area contributed by atoms with Gasteiger partial charge in [0.2, 0.25) is 11.8 Å². The maximum Gasteiger partial charge on any atom is 0.295 e. The maximum absolute atomic E-state index is 13.0. The molecule has 32 heavy (non-hydrogen) atoms. The maximum atomic E-state index is 13.0. The topological polar surface area (TPSA) is 76.3 Å². The van der Waals surface area contributed by atoms with Gasteiger partial charge in [-0.3, -0.25) is 19.1 Å². The van der Waals surface area contributed by atoms with Gasteiger partial charge in [-0.05, 0) is 57.6 Å². The van der Waals surface area contributed by atoms with Gasteiger partial charge in [0.1, 0.15) is 5.69 Å². The summed E-state index contributed by atoms with van der Waals surface area (Å²) in [6, 6.07) is 9.61. The quantitative estimate of drug-likeness (QED) is 0.688. The fourth-order valence-corrected chi connectivity index (χ4v) is 4.95. The van der Waals surface area contributed by atoms with Crippen LogP contribution < -0.4 is 10.9 Å². The van der Waals surface area contributed by atoms with Crippen LogP contribution in [0.25, 0.3) is 5.69 Å². The molecule has 0 spiro atoms. The molecule has 0 radical (unpaired) electrons. The van der Waals surface area contributed by atoms with E-state index in [0.29, 0.717) is 11.7 Å². The minimum absolute atomic E-state index is 0.0523. The third kappa shape index (κ3) is 5.28. The fraction of sp³-hybridized carbons (Fsp3) is 0.542. The molecular formula is C24H34N4O3S. The lowest BCUT2D eigenvalue weighted by molar-refractivity contribution is -0.129. The van der Waals surface area contributed by atoms with Gasteiger partial charge in [0, 0.05) is 20.1 Å². The SMILES string of the molecule is Cc1c(NC(=O)C(C)SCC(=O)N(C)C2CCC(C)CC2)c(=O)n(-c2ccccc2)n1C. The van der Waals surface area contributed by atoms with E-state index in [2.05, 4.69) is 12.2 Å². The van der Waals surface area contributed by atoms with E-state index < -0.39 is 5.25 Å². The van der Waals surface area contributed by atoms with E-state index in [-0.39, 0.29) is 28.8 Å². The Morgan fingerprint density at radius 1 is 1.19 bits per heavy atom. The van der Waals surface area contributed by atoms with Crippen molar-refractivity contribution in [3.8, 4) is 5.69 Å². The van der Waals surface area contributed by atoms with Crippen LogP contribution in [0.3, 0.4) is 0 Å². The number of hydrogen-bond acceptors (Lipinski definition) is 4. The Morgan fingerprint density at radius 2 is 1.81 bits per heavy atom. The van der Waals surface area contributed by atoms with E-state index >= 15 is 0 Å². The van der Waals surface area contributed by atoms with Crippen LogP contribution in [0.1, 0.15) is 45.2 Å². The highest BCUT2D eigenvalue weighted by Crippen LogP contribution is 2.27. The number of benzene rings is 1. The van der Waals surface area contributed by atoms with Gasteiger partial charge < -0.3 is 10.2 Å². The predicted molar refractivity (Wildman–Crippen MR) is 130 cm³/mol. The Balaban J connectivity index is 1.60. The minimum Gasteiger partial charge on any atom is -0.342 e. The third-order valence-corrected chi connectivity index (χ3v) is 7.68. The summed E-state index contributed by atoms with van der Waals surface area (Å²) in [7, 11) is 3.66. The first-order chi connectivity index (χ1) is 15.2. The van der Waals surface area contributed by atoms with Crippen molar-refractivity contribution in [3.05, 3.63) is 46.4 Å². The lowest BCUT2D eigenvalue weighted by Crippen LogP contribution is -2.40. The fourth-order valence-electron chi connectivity index (χ4n) is 4.14. The number of hydrogen-bond donors (Lipinski definition) is 1. The molecule has 0 bridgehead atoms.